The van der Waals surface area contributed by atoms with E-state index in [2.05, 4.69) is 6.07 Å². The molecule has 0 saturated heterocycles. The molecule has 0 fully saturated rings. The van der Waals surface area contributed by atoms with Crippen molar-refractivity contribution in [1.82, 2.24) is 0 Å². The molecule has 138 valence electrons. The number of benzene rings is 2. The highest BCUT2D eigenvalue weighted by atomic mass is 16.5. The Labute approximate surface area is 158 Å². The molecule has 0 saturated carbocycles. The van der Waals surface area contributed by atoms with Crippen molar-refractivity contribution in [3.8, 4) is 5.75 Å². The number of hydrogen-bond acceptors (Lipinski definition) is 4. The Balaban J connectivity index is 1.87. The zero-order valence-electron chi connectivity index (χ0n) is 15.6. The van der Waals surface area contributed by atoms with E-state index in [0.29, 0.717) is 17.0 Å². The van der Waals surface area contributed by atoms with Gasteiger partial charge in [-0.1, -0.05) is 24.3 Å². The molecule has 0 aliphatic carbocycles. The molecule has 2 aromatic rings. The highest BCUT2D eigenvalue weighted by Crippen LogP contribution is 2.44. The second-order valence-corrected chi connectivity index (χ2v) is 7.01. The zero-order chi connectivity index (χ0) is 19.1. The van der Waals surface area contributed by atoms with Gasteiger partial charge in [-0.05, 0) is 43.2 Å². The van der Waals surface area contributed by atoms with E-state index in [1.54, 1.807) is 12.0 Å². The number of hydrogen-bond donors (Lipinski definition) is 0. The maximum atomic E-state index is 13.1. The SMILES string of the molecule is COc1ccccc1[C@H]1CC(=O)N(c2cc(C)cc(C)c2)C2=C1C(=O)OC2. The minimum Gasteiger partial charge on any atom is -0.496 e. The van der Waals surface area contributed by atoms with Gasteiger partial charge in [0.05, 0.1) is 18.4 Å². The van der Waals surface area contributed by atoms with E-state index >= 15 is 0 Å². The number of rotatable bonds is 3. The smallest absolute Gasteiger partial charge is 0.336 e. The summed E-state index contributed by atoms with van der Waals surface area (Å²) in [6, 6.07) is 13.5. The number of carbonyl (C=O) groups is 2. The minimum atomic E-state index is -0.360. The van der Waals surface area contributed by atoms with Crippen LogP contribution in [0.2, 0.25) is 0 Å². The molecule has 5 nitrogen and oxygen atoms in total. The van der Waals surface area contributed by atoms with Crippen molar-refractivity contribution < 1.29 is 19.1 Å². The van der Waals surface area contributed by atoms with Crippen LogP contribution < -0.4 is 9.64 Å². The van der Waals surface area contributed by atoms with Crippen molar-refractivity contribution in [3.05, 3.63) is 70.4 Å². The fraction of sp³-hybridized carbons (Fsp3) is 0.273. The van der Waals surface area contributed by atoms with Crippen molar-refractivity contribution in [3.63, 3.8) is 0 Å². The van der Waals surface area contributed by atoms with Gasteiger partial charge in [-0.15, -0.1) is 0 Å². The van der Waals surface area contributed by atoms with Crippen molar-refractivity contribution in [2.24, 2.45) is 0 Å². The van der Waals surface area contributed by atoms with Crippen LogP contribution in [0.5, 0.6) is 5.75 Å². The first-order chi connectivity index (χ1) is 13.0. The molecule has 0 aromatic heterocycles. The number of esters is 1. The lowest BCUT2D eigenvalue weighted by molar-refractivity contribution is -0.136. The summed E-state index contributed by atoms with van der Waals surface area (Å²) in [4.78, 5) is 27.3. The summed E-state index contributed by atoms with van der Waals surface area (Å²) in [6.07, 6.45) is 0.196. The van der Waals surface area contributed by atoms with Gasteiger partial charge in [0.1, 0.15) is 12.4 Å². The van der Waals surface area contributed by atoms with E-state index in [4.69, 9.17) is 9.47 Å². The summed E-state index contributed by atoms with van der Waals surface area (Å²) in [5.74, 6) is -0.0988. The van der Waals surface area contributed by atoms with Crippen LogP contribution in [0.1, 0.15) is 29.0 Å². The zero-order valence-corrected chi connectivity index (χ0v) is 15.6. The molecule has 0 radical (unpaired) electrons. The van der Waals surface area contributed by atoms with Gasteiger partial charge >= 0.3 is 5.97 Å². The fourth-order valence-corrected chi connectivity index (χ4v) is 4.05. The maximum Gasteiger partial charge on any atom is 0.336 e. The van der Waals surface area contributed by atoms with Crippen LogP contribution in [0, 0.1) is 13.8 Å². The number of nitrogens with zero attached hydrogens (tertiary/aromatic N) is 1. The molecule has 2 aromatic carbocycles. The van der Waals surface area contributed by atoms with Crippen molar-refractivity contribution in [2.45, 2.75) is 26.2 Å². The Kier molecular flexibility index (Phi) is 4.22. The molecule has 4 rings (SSSR count). The van der Waals surface area contributed by atoms with Gasteiger partial charge in [0, 0.05) is 23.6 Å². The standard InChI is InChI=1S/C22H21NO4/c1-13-8-14(2)10-15(9-13)23-18-12-27-22(25)21(18)17(11-20(23)24)16-6-4-5-7-19(16)26-3/h4-10,17H,11-12H2,1-3H3/t17-/m1/s1. The summed E-state index contributed by atoms with van der Waals surface area (Å²) in [6.45, 7) is 4.10. The molecule has 2 heterocycles. The monoisotopic (exact) mass is 363 g/mol. The lowest BCUT2D eigenvalue weighted by Crippen LogP contribution is -2.37. The maximum absolute atomic E-state index is 13.1. The average Bonchev–Trinajstić information content (AvgIpc) is 3.01. The Morgan fingerprint density at radius 2 is 1.78 bits per heavy atom. The predicted octanol–water partition coefficient (Wildman–Crippen LogP) is 3.64. The highest BCUT2D eigenvalue weighted by Gasteiger charge is 2.43. The number of amides is 1. The van der Waals surface area contributed by atoms with Crippen LogP contribution >= 0.6 is 0 Å². The largest absolute Gasteiger partial charge is 0.496 e. The molecule has 0 unspecified atom stereocenters. The number of para-hydroxylation sites is 1. The van der Waals surface area contributed by atoms with Crippen LogP contribution in [-0.2, 0) is 14.3 Å². The van der Waals surface area contributed by atoms with Gasteiger partial charge in [-0.3, -0.25) is 9.69 Å². The Morgan fingerprint density at radius 1 is 1.07 bits per heavy atom. The Morgan fingerprint density at radius 3 is 2.48 bits per heavy atom. The topological polar surface area (TPSA) is 55.8 Å². The van der Waals surface area contributed by atoms with E-state index in [9.17, 15) is 9.59 Å². The van der Waals surface area contributed by atoms with Gasteiger partial charge in [0.15, 0.2) is 0 Å². The second kappa shape index (κ2) is 6.58. The minimum absolute atomic E-state index is 0.0482. The Hall–Kier alpha value is -3.08. The number of cyclic esters (lactones) is 1. The summed E-state index contributed by atoms with van der Waals surface area (Å²) in [5.41, 5.74) is 4.94. The molecule has 1 amide bonds. The summed E-state index contributed by atoms with van der Waals surface area (Å²) >= 11 is 0. The first kappa shape index (κ1) is 17.3. The second-order valence-electron chi connectivity index (χ2n) is 7.01. The molecular weight excluding hydrogens is 342 g/mol. The van der Waals surface area contributed by atoms with Gasteiger partial charge in [0.2, 0.25) is 5.91 Å². The van der Waals surface area contributed by atoms with Crippen molar-refractivity contribution in [2.75, 3.05) is 18.6 Å². The van der Waals surface area contributed by atoms with E-state index in [1.807, 2.05) is 50.2 Å². The van der Waals surface area contributed by atoms with Gasteiger partial charge in [0.25, 0.3) is 0 Å². The third kappa shape index (κ3) is 2.89. The van der Waals surface area contributed by atoms with Gasteiger partial charge in [-0.2, -0.15) is 0 Å². The summed E-state index contributed by atoms with van der Waals surface area (Å²) in [7, 11) is 1.59. The highest BCUT2D eigenvalue weighted by molar-refractivity contribution is 6.06. The lowest BCUT2D eigenvalue weighted by atomic mass is 9.83. The molecule has 0 bridgehead atoms. The number of methoxy groups -OCH3 is 1. The van der Waals surface area contributed by atoms with E-state index in [-0.39, 0.29) is 30.8 Å². The number of anilines is 1. The van der Waals surface area contributed by atoms with Crippen LogP contribution in [0.4, 0.5) is 5.69 Å². The molecule has 2 aliphatic heterocycles. The van der Waals surface area contributed by atoms with Gasteiger partial charge < -0.3 is 9.47 Å². The van der Waals surface area contributed by atoms with E-state index in [1.165, 1.54) is 0 Å². The molecular formula is C22H21NO4. The third-order valence-corrected chi connectivity index (χ3v) is 5.10. The number of carbonyl (C=O) groups excluding carboxylic acids is 2. The summed E-state index contributed by atoms with van der Waals surface area (Å²) in [5, 5.41) is 0. The van der Waals surface area contributed by atoms with Crippen molar-refractivity contribution in [1.29, 1.82) is 0 Å². The molecule has 2 aliphatic rings. The normalized spacial score (nSPS) is 19.2. The number of ether oxygens (including phenoxy) is 2. The fourth-order valence-electron chi connectivity index (χ4n) is 4.05. The predicted molar refractivity (Wildman–Crippen MR) is 102 cm³/mol. The molecule has 0 N–H and O–H groups in total. The molecule has 1 atom stereocenters. The van der Waals surface area contributed by atoms with E-state index < -0.39 is 0 Å². The van der Waals surface area contributed by atoms with E-state index in [0.717, 1.165) is 22.4 Å². The molecule has 0 spiro atoms. The average molecular weight is 363 g/mol. The summed E-state index contributed by atoms with van der Waals surface area (Å²) < 4.78 is 10.8. The van der Waals surface area contributed by atoms with Crippen LogP contribution in [0.15, 0.2) is 53.7 Å². The molecule has 27 heavy (non-hydrogen) atoms. The quantitative estimate of drug-likeness (QED) is 0.781. The van der Waals surface area contributed by atoms with Gasteiger partial charge in [-0.25, -0.2) is 4.79 Å². The number of aryl methyl sites for hydroxylation is 2. The van der Waals surface area contributed by atoms with Crippen LogP contribution in [-0.4, -0.2) is 25.6 Å². The lowest BCUT2D eigenvalue weighted by Gasteiger charge is -2.32. The van der Waals surface area contributed by atoms with Crippen molar-refractivity contribution >= 4 is 17.6 Å². The Bertz CT molecular complexity index is 956. The van der Waals surface area contributed by atoms with Crippen LogP contribution in [0.3, 0.4) is 0 Å². The molecule has 5 heteroatoms. The van der Waals surface area contributed by atoms with Crippen LogP contribution in [0.25, 0.3) is 0 Å². The first-order valence-corrected chi connectivity index (χ1v) is 8.94. The third-order valence-electron chi connectivity index (χ3n) is 5.10. The first-order valence-electron chi connectivity index (χ1n) is 8.94.